The Morgan fingerprint density at radius 3 is 2.42 bits per heavy atom. The number of nitrogens with two attached hydrogens (primary N) is 1. The molecule has 0 amide bonds. The molecule has 2 atom stereocenters. The van der Waals surface area contributed by atoms with E-state index in [1.807, 2.05) is 0 Å². The maximum Gasteiger partial charge on any atom is 0.411 e. The monoisotopic (exact) mass is 183 g/mol. The quantitative estimate of drug-likeness (QED) is 0.703. The molecule has 0 unspecified atom stereocenters. The van der Waals surface area contributed by atoms with Crippen LogP contribution in [0.15, 0.2) is 0 Å². The zero-order chi connectivity index (χ0) is 9.19. The maximum atomic E-state index is 11.7. The largest absolute Gasteiger partial charge is 0.411 e. The van der Waals surface area contributed by atoms with Crippen molar-refractivity contribution in [1.29, 1.82) is 0 Å². The zero-order valence-corrected chi connectivity index (χ0v) is 6.60. The van der Waals surface area contributed by atoms with E-state index in [-0.39, 0.29) is 6.04 Å². The van der Waals surface area contributed by atoms with Gasteiger partial charge in [-0.25, -0.2) is 0 Å². The fourth-order valence-electron chi connectivity index (χ4n) is 1.36. The van der Waals surface area contributed by atoms with Gasteiger partial charge in [0.25, 0.3) is 0 Å². The summed E-state index contributed by atoms with van der Waals surface area (Å²) in [7, 11) is 0. The van der Waals surface area contributed by atoms with Crippen molar-refractivity contribution in [3.05, 3.63) is 0 Å². The highest BCUT2D eigenvalue weighted by molar-refractivity contribution is 4.81. The van der Waals surface area contributed by atoms with Crippen molar-refractivity contribution in [3.63, 3.8) is 0 Å². The summed E-state index contributed by atoms with van der Waals surface area (Å²) in [6, 6.07) is -0.215. The van der Waals surface area contributed by atoms with Gasteiger partial charge in [-0.15, -0.1) is 0 Å². The van der Waals surface area contributed by atoms with E-state index >= 15 is 0 Å². The van der Waals surface area contributed by atoms with Crippen LogP contribution in [0, 0.1) is 0 Å². The Morgan fingerprint density at radius 2 is 2.00 bits per heavy atom. The van der Waals surface area contributed by atoms with Crippen LogP contribution in [-0.2, 0) is 4.74 Å². The second-order valence-corrected chi connectivity index (χ2v) is 3.06. The number of alkyl halides is 3. The van der Waals surface area contributed by atoms with Crippen LogP contribution in [0.1, 0.15) is 19.3 Å². The van der Waals surface area contributed by atoms with Crippen LogP contribution in [0.3, 0.4) is 0 Å². The molecule has 1 rings (SSSR count). The maximum absolute atomic E-state index is 11.7. The molecule has 1 aliphatic rings. The molecular weight excluding hydrogens is 171 g/mol. The Balaban J connectivity index is 2.23. The third-order valence-electron chi connectivity index (χ3n) is 1.96. The molecule has 0 bridgehead atoms. The van der Waals surface area contributed by atoms with Gasteiger partial charge in [0.05, 0.1) is 6.10 Å². The van der Waals surface area contributed by atoms with Gasteiger partial charge in [0.1, 0.15) is 6.61 Å². The zero-order valence-electron chi connectivity index (χ0n) is 6.60. The first kappa shape index (κ1) is 9.80. The van der Waals surface area contributed by atoms with Gasteiger partial charge >= 0.3 is 6.18 Å². The summed E-state index contributed by atoms with van der Waals surface area (Å²) in [5.41, 5.74) is 5.52. The summed E-state index contributed by atoms with van der Waals surface area (Å²) in [5, 5.41) is 0. The van der Waals surface area contributed by atoms with Crippen LogP contribution in [0.25, 0.3) is 0 Å². The third-order valence-corrected chi connectivity index (χ3v) is 1.96. The van der Waals surface area contributed by atoms with Gasteiger partial charge in [-0.1, -0.05) is 0 Å². The Morgan fingerprint density at radius 1 is 1.33 bits per heavy atom. The summed E-state index contributed by atoms with van der Waals surface area (Å²) >= 11 is 0. The fourth-order valence-corrected chi connectivity index (χ4v) is 1.36. The van der Waals surface area contributed by atoms with Crippen LogP contribution < -0.4 is 5.73 Å². The number of hydrogen-bond donors (Lipinski definition) is 1. The molecule has 2 N–H and O–H groups in total. The van der Waals surface area contributed by atoms with Gasteiger partial charge in [-0.2, -0.15) is 13.2 Å². The highest BCUT2D eigenvalue weighted by atomic mass is 19.4. The summed E-state index contributed by atoms with van der Waals surface area (Å²) in [6.45, 7) is -1.18. The van der Waals surface area contributed by atoms with Crippen molar-refractivity contribution in [2.24, 2.45) is 5.73 Å². The molecule has 0 saturated heterocycles. The number of rotatable bonds is 2. The first-order valence-electron chi connectivity index (χ1n) is 3.93. The van der Waals surface area contributed by atoms with E-state index in [4.69, 9.17) is 5.73 Å². The first-order valence-corrected chi connectivity index (χ1v) is 3.93. The summed E-state index contributed by atoms with van der Waals surface area (Å²) in [5.74, 6) is 0. The molecule has 1 saturated carbocycles. The predicted octanol–water partition coefficient (Wildman–Crippen LogP) is 1.45. The third kappa shape index (κ3) is 2.98. The minimum absolute atomic E-state index is 0.215. The minimum Gasteiger partial charge on any atom is -0.367 e. The SMILES string of the molecule is N[C@@H]1CCC[C@H]1OCC(F)(F)F. The molecule has 0 spiro atoms. The van der Waals surface area contributed by atoms with Crippen molar-refractivity contribution in [2.75, 3.05) is 6.61 Å². The van der Waals surface area contributed by atoms with Crippen molar-refractivity contribution in [3.8, 4) is 0 Å². The smallest absolute Gasteiger partial charge is 0.367 e. The van der Waals surface area contributed by atoms with Gasteiger partial charge in [0.2, 0.25) is 0 Å². The molecular formula is C7H12F3NO. The second-order valence-electron chi connectivity index (χ2n) is 3.06. The number of ether oxygens (including phenoxy) is 1. The van der Waals surface area contributed by atoms with Crippen LogP contribution in [0.5, 0.6) is 0 Å². The Kier molecular flexibility index (Phi) is 2.95. The van der Waals surface area contributed by atoms with Crippen molar-refractivity contribution < 1.29 is 17.9 Å². The van der Waals surface area contributed by atoms with E-state index < -0.39 is 18.9 Å². The molecule has 12 heavy (non-hydrogen) atoms. The number of hydrogen-bond acceptors (Lipinski definition) is 2. The van der Waals surface area contributed by atoms with Crippen molar-refractivity contribution in [1.82, 2.24) is 0 Å². The lowest BCUT2D eigenvalue weighted by atomic mass is 10.2. The molecule has 5 heteroatoms. The lowest BCUT2D eigenvalue weighted by Crippen LogP contribution is -2.34. The van der Waals surface area contributed by atoms with E-state index in [1.165, 1.54) is 0 Å². The van der Waals surface area contributed by atoms with E-state index in [0.29, 0.717) is 6.42 Å². The van der Waals surface area contributed by atoms with E-state index in [1.54, 1.807) is 0 Å². The molecule has 0 heterocycles. The van der Waals surface area contributed by atoms with Gasteiger partial charge in [0, 0.05) is 6.04 Å². The highest BCUT2D eigenvalue weighted by Gasteiger charge is 2.32. The van der Waals surface area contributed by atoms with Crippen LogP contribution >= 0.6 is 0 Å². The Hall–Kier alpha value is -0.290. The molecule has 0 aliphatic heterocycles. The lowest BCUT2D eigenvalue weighted by Gasteiger charge is -2.17. The normalized spacial score (nSPS) is 31.0. The van der Waals surface area contributed by atoms with Crippen LogP contribution in [0.4, 0.5) is 13.2 Å². The number of halogens is 3. The summed E-state index contributed by atoms with van der Waals surface area (Å²) < 4.78 is 39.6. The molecule has 1 aliphatic carbocycles. The fraction of sp³-hybridized carbons (Fsp3) is 1.00. The van der Waals surface area contributed by atoms with Crippen LogP contribution in [0.2, 0.25) is 0 Å². The second kappa shape index (κ2) is 3.62. The highest BCUT2D eigenvalue weighted by Crippen LogP contribution is 2.23. The van der Waals surface area contributed by atoms with Crippen molar-refractivity contribution >= 4 is 0 Å². The molecule has 0 aromatic heterocycles. The van der Waals surface area contributed by atoms with Gasteiger partial charge in [0.15, 0.2) is 0 Å². The molecule has 1 fully saturated rings. The van der Waals surface area contributed by atoms with Crippen molar-refractivity contribution in [2.45, 2.75) is 37.6 Å². The molecule has 0 aromatic rings. The lowest BCUT2D eigenvalue weighted by molar-refractivity contribution is -0.185. The minimum atomic E-state index is -4.23. The van der Waals surface area contributed by atoms with Gasteiger partial charge < -0.3 is 10.5 Å². The van der Waals surface area contributed by atoms with Crippen LogP contribution in [-0.4, -0.2) is 24.9 Å². The molecule has 0 radical (unpaired) electrons. The van der Waals surface area contributed by atoms with Gasteiger partial charge in [-0.05, 0) is 19.3 Å². The molecule has 2 nitrogen and oxygen atoms in total. The van der Waals surface area contributed by atoms with E-state index in [9.17, 15) is 13.2 Å². The van der Waals surface area contributed by atoms with Gasteiger partial charge in [-0.3, -0.25) is 0 Å². The average Bonchev–Trinajstić information content (AvgIpc) is 2.29. The molecule has 72 valence electrons. The average molecular weight is 183 g/mol. The molecule has 0 aromatic carbocycles. The Bertz CT molecular complexity index is 148. The van der Waals surface area contributed by atoms with E-state index in [2.05, 4.69) is 4.74 Å². The standard InChI is InChI=1S/C7H12F3NO/c8-7(9,10)4-12-6-3-1-2-5(6)11/h5-6H,1-4,11H2/t5-,6-/m1/s1. The summed E-state index contributed by atoms with van der Waals surface area (Å²) in [4.78, 5) is 0. The first-order chi connectivity index (χ1) is 5.49. The Labute approximate surface area is 68.9 Å². The van der Waals surface area contributed by atoms with E-state index in [0.717, 1.165) is 12.8 Å². The summed E-state index contributed by atoms with van der Waals surface area (Å²) in [6.07, 6.45) is -2.35. The topological polar surface area (TPSA) is 35.2 Å². The predicted molar refractivity (Wildman–Crippen MR) is 37.6 cm³/mol.